The van der Waals surface area contributed by atoms with Crippen LogP contribution >= 0.6 is 0 Å². The molecule has 184 valence electrons. The number of carbonyl (C=O) groups is 2. The van der Waals surface area contributed by atoms with E-state index < -0.39 is 11.9 Å². The number of benzene rings is 3. The second-order valence-electron chi connectivity index (χ2n) is 8.12. The minimum absolute atomic E-state index is 0.323. The van der Waals surface area contributed by atoms with Gasteiger partial charge in [0.25, 0.3) is 0 Å². The van der Waals surface area contributed by atoms with Crippen molar-refractivity contribution in [2.45, 2.75) is 45.4 Å². The predicted octanol–water partition coefficient (Wildman–Crippen LogP) is 6.87. The molecule has 3 aromatic rings. The smallest absolute Gasteiger partial charge is 0.343 e. The highest BCUT2D eigenvalue weighted by Gasteiger charge is 2.13. The number of ether oxygens (including phenoxy) is 4. The molecule has 0 heterocycles. The summed E-state index contributed by atoms with van der Waals surface area (Å²) in [7, 11) is 1.56. The molecule has 6 nitrogen and oxygen atoms in total. The van der Waals surface area contributed by atoms with Gasteiger partial charge in [-0.05, 0) is 79.2 Å². The molecule has 0 N–H and O–H groups in total. The van der Waals surface area contributed by atoms with Gasteiger partial charge in [-0.3, -0.25) is 0 Å². The van der Waals surface area contributed by atoms with Crippen LogP contribution in [-0.2, 0) is 0 Å². The quantitative estimate of drug-likeness (QED) is 0.152. The topological polar surface area (TPSA) is 71.1 Å². The number of rotatable bonds is 13. The maximum Gasteiger partial charge on any atom is 0.343 e. The van der Waals surface area contributed by atoms with Crippen LogP contribution in [0.15, 0.2) is 72.8 Å². The van der Waals surface area contributed by atoms with Crippen molar-refractivity contribution in [1.29, 1.82) is 0 Å². The van der Waals surface area contributed by atoms with Gasteiger partial charge in [-0.1, -0.05) is 39.0 Å². The van der Waals surface area contributed by atoms with E-state index in [1.807, 2.05) is 0 Å². The average molecular weight is 477 g/mol. The van der Waals surface area contributed by atoms with Gasteiger partial charge in [0.15, 0.2) is 0 Å². The van der Waals surface area contributed by atoms with Crippen molar-refractivity contribution in [1.82, 2.24) is 0 Å². The number of carbonyl (C=O) groups excluding carboxylic acids is 2. The molecule has 6 heteroatoms. The molecule has 0 spiro atoms. The monoisotopic (exact) mass is 476 g/mol. The third-order valence-electron chi connectivity index (χ3n) is 5.43. The van der Waals surface area contributed by atoms with Gasteiger partial charge in [0.2, 0.25) is 0 Å². The molecule has 35 heavy (non-hydrogen) atoms. The van der Waals surface area contributed by atoms with Gasteiger partial charge in [-0.2, -0.15) is 0 Å². The van der Waals surface area contributed by atoms with Crippen LogP contribution in [-0.4, -0.2) is 25.7 Å². The van der Waals surface area contributed by atoms with Gasteiger partial charge < -0.3 is 18.9 Å². The summed E-state index contributed by atoms with van der Waals surface area (Å²) in [6, 6.07) is 19.8. The van der Waals surface area contributed by atoms with E-state index in [-0.39, 0.29) is 0 Å². The zero-order chi connectivity index (χ0) is 24.9. The van der Waals surface area contributed by atoms with Crippen LogP contribution in [0, 0.1) is 0 Å². The Kier molecular flexibility index (Phi) is 10.2. The third kappa shape index (κ3) is 8.49. The normalized spacial score (nSPS) is 10.5. The lowest BCUT2D eigenvalue weighted by Crippen LogP contribution is -2.11. The summed E-state index contributed by atoms with van der Waals surface area (Å²) in [5.41, 5.74) is 0.652. The van der Waals surface area contributed by atoms with E-state index in [4.69, 9.17) is 18.9 Å². The molecule has 0 aromatic heterocycles. The summed E-state index contributed by atoms with van der Waals surface area (Å²) in [5.74, 6) is 1.21. The highest BCUT2D eigenvalue weighted by Crippen LogP contribution is 2.21. The van der Waals surface area contributed by atoms with E-state index in [1.54, 1.807) is 55.6 Å². The van der Waals surface area contributed by atoms with Crippen molar-refractivity contribution >= 4 is 11.9 Å². The van der Waals surface area contributed by atoms with Crippen molar-refractivity contribution in [2.24, 2.45) is 0 Å². The van der Waals surface area contributed by atoms with E-state index in [0.29, 0.717) is 35.0 Å². The van der Waals surface area contributed by atoms with Gasteiger partial charge >= 0.3 is 11.9 Å². The highest BCUT2D eigenvalue weighted by molar-refractivity contribution is 5.94. The van der Waals surface area contributed by atoms with E-state index in [0.717, 1.165) is 12.2 Å². The molecule has 0 amide bonds. The largest absolute Gasteiger partial charge is 0.497 e. The fourth-order valence-corrected chi connectivity index (χ4v) is 3.39. The lowest BCUT2D eigenvalue weighted by atomic mass is 10.1. The average Bonchev–Trinajstić information content (AvgIpc) is 2.89. The first-order valence-electron chi connectivity index (χ1n) is 12.0. The van der Waals surface area contributed by atoms with E-state index in [2.05, 4.69) is 6.92 Å². The van der Waals surface area contributed by atoms with Crippen LogP contribution in [0.25, 0.3) is 0 Å². The first-order chi connectivity index (χ1) is 17.1. The summed E-state index contributed by atoms with van der Waals surface area (Å²) in [4.78, 5) is 24.8. The minimum Gasteiger partial charge on any atom is -0.497 e. The Bertz CT molecular complexity index is 1060. The molecular weight excluding hydrogens is 444 g/mol. The predicted molar refractivity (Wildman–Crippen MR) is 135 cm³/mol. The minimum atomic E-state index is -0.522. The number of unbranched alkanes of at least 4 members (excludes halogenated alkanes) is 5. The molecule has 0 unspecified atom stereocenters. The molecule has 0 aliphatic carbocycles. The summed E-state index contributed by atoms with van der Waals surface area (Å²) >= 11 is 0. The Morgan fingerprint density at radius 3 is 1.49 bits per heavy atom. The fraction of sp³-hybridized carbons (Fsp3) is 0.310. The van der Waals surface area contributed by atoms with Crippen molar-refractivity contribution in [3.8, 4) is 23.0 Å². The van der Waals surface area contributed by atoms with Gasteiger partial charge in [0.05, 0.1) is 24.8 Å². The standard InChI is InChI=1S/C29H32O6/c1-3-4-5-6-7-8-21-33-25-15-19-27(20-16-25)35-29(31)23-11-9-22(10-12-23)28(30)34-26-17-13-24(32-2)14-18-26/h9-20H,3-8,21H2,1-2H3. The zero-order valence-corrected chi connectivity index (χ0v) is 20.3. The van der Waals surface area contributed by atoms with Crippen LogP contribution < -0.4 is 18.9 Å². The Morgan fingerprint density at radius 2 is 1.00 bits per heavy atom. The maximum absolute atomic E-state index is 12.5. The molecule has 0 bridgehead atoms. The second-order valence-corrected chi connectivity index (χ2v) is 8.12. The van der Waals surface area contributed by atoms with Crippen LogP contribution in [0.3, 0.4) is 0 Å². The van der Waals surface area contributed by atoms with Gasteiger partial charge in [0.1, 0.15) is 23.0 Å². The Hall–Kier alpha value is -3.80. The van der Waals surface area contributed by atoms with Gasteiger partial charge in [0, 0.05) is 0 Å². The molecule has 0 aliphatic rings. The van der Waals surface area contributed by atoms with Crippen LogP contribution in [0.1, 0.15) is 66.2 Å². The summed E-state index contributed by atoms with van der Waals surface area (Å²) in [6.07, 6.45) is 7.28. The molecule has 0 saturated heterocycles. The molecule has 3 aromatic carbocycles. The number of hydrogen-bond donors (Lipinski definition) is 0. The summed E-state index contributed by atoms with van der Waals surface area (Å²) in [6.45, 7) is 2.89. The molecule has 0 fully saturated rings. The molecule has 3 rings (SSSR count). The third-order valence-corrected chi connectivity index (χ3v) is 5.43. The first kappa shape index (κ1) is 25.8. The maximum atomic E-state index is 12.5. The summed E-state index contributed by atoms with van der Waals surface area (Å²) in [5, 5.41) is 0. The molecule has 0 aliphatic heterocycles. The van der Waals surface area contributed by atoms with Gasteiger partial charge in [-0.15, -0.1) is 0 Å². The van der Waals surface area contributed by atoms with E-state index in [1.165, 1.54) is 56.4 Å². The lowest BCUT2D eigenvalue weighted by molar-refractivity contribution is 0.0720. The highest BCUT2D eigenvalue weighted by atomic mass is 16.5. The zero-order valence-electron chi connectivity index (χ0n) is 20.3. The van der Waals surface area contributed by atoms with Crippen LogP contribution in [0.5, 0.6) is 23.0 Å². The van der Waals surface area contributed by atoms with E-state index in [9.17, 15) is 9.59 Å². The molecule has 0 saturated carbocycles. The number of esters is 2. The molecule has 0 atom stereocenters. The van der Waals surface area contributed by atoms with Gasteiger partial charge in [-0.25, -0.2) is 9.59 Å². The number of methoxy groups -OCH3 is 1. The van der Waals surface area contributed by atoms with Crippen molar-refractivity contribution in [2.75, 3.05) is 13.7 Å². The Labute approximate surface area is 206 Å². The van der Waals surface area contributed by atoms with Crippen molar-refractivity contribution in [3.63, 3.8) is 0 Å². The molecule has 0 radical (unpaired) electrons. The first-order valence-corrected chi connectivity index (χ1v) is 12.0. The molecular formula is C29H32O6. The van der Waals surface area contributed by atoms with E-state index >= 15 is 0 Å². The lowest BCUT2D eigenvalue weighted by Gasteiger charge is -2.08. The fourth-order valence-electron chi connectivity index (χ4n) is 3.39. The van der Waals surface area contributed by atoms with Crippen LogP contribution in [0.2, 0.25) is 0 Å². The number of hydrogen-bond acceptors (Lipinski definition) is 6. The van der Waals surface area contributed by atoms with Crippen molar-refractivity contribution in [3.05, 3.63) is 83.9 Å². The van der Waals surface area contributed by atoms with Crippen molar-refractivity contribution < 1.29 is 28.5 Å². The summed E-state index contributed by atoms with van der Waals surface area (Å²) < 4.78 is 21.6. The Balaban J connectivity index is 1.45. The Morgan fingerprint density at radius 1 is 0.571 bits per heavy atom. The SMILES string of the molecule is CCCCCCCCOc1ccc(OC(=O)c2ccc(C(=O)Oc3ccc(OC)cc3)cc2)cc1. The second kappa shape index (κ2) is 13.8. The van der Waals surface area contributed by atoms with Crippen LogP contribution in [0.4, 0.5) is 0 Å².